The van der Waals surface area contributed by atoms with Crippen LogP contribution in [0.1, 0.15) is 25.3 Å². The lowest BCUT2D eigenvalue weighted by molar-refractivity contribution is 0.0534. The van der Waals surface area contributed by atoms with Crippen molar-refractivity contribution in [2.75, 3.05) is 18.1 Å². The van der Waals surface area contributed by atoms with Crippen LogP contribution in [0.15, 0.2) is 12.4 Å². The molecule has 2 rings (SSSR count). The van der Waals surface area contributed by atoms with Crippen molar-refractivity contribution in [3.05, 3.63) is 18.0 Å². The smallest absolute Gasteiger partial charge is 0.102 e. The minimum absolute atomic E-state index is 0.555. The van der Waals surface area contributed by atoms with Gasteiger partial charge < -0.3 is 10.4 Å². The van der Waals surface area contributed by atoms with Crippen molar-refractivity contribution in [3.63, 3.8) is 0 Å². The van der Waals surface area contributed by atoms with Crippen molar-refractivity contribution >= 4 is 11.8 Å². The third-order valence-corrected chi connectivity index (χ3v) is 4.33. The van der Waals surface area contributed by atoms with E-state index in [9.17, 15) is 5.11 Å². The van der Waals surface area contributed by atoms with Gasteiger partial charge in [0.25, 0.3) is 0 Å². The van der Waals surface area contributed by atoms with Gasteiger partial charge in [-0.25, -0.2) is 0 Å². The lowest BCUT2D eigenvalue weighted by atomic mass is 9.99. The summed E-state index contributed by atoms with van der Waals surface area (Å²) in [6.45, 7) is 2.43. The van der Waals surface area contributed by atoms with Gasteiger partial charge in [0.1, 0.15) is 5.60 Å². The molecule has 0 aromatic carbocycles. The van der Waals surface area contributed by atoms with E-state index >= 15 is 0 Å². The minimum atomic E-state index is -0.834. The highest BCUT2D eigenvalue weighted by Gasteiger charge is 2.26. The normalized spacial score (nSPS) is 21.4. The van der Waals surface area contributed by atoms with Gasteiger partial charge in [-0.05, 0) is 31.3 Å². The molecule has 1 aromatic rings. The van der Waals surface area contributed by atoms with Gasteiger partial charge >= 0.3 is 0 Å². The second-order valence-electron chi connectivity index (χ2n) is 4.94. The van der Waals surface area contributed by atoms with Gasteiger partial charge in [0, 0.05) is 31.4 Å². The minimum Gasteiger partial charge on any atom is -0.384 e. The maximum absolute atomic E-state index is 10.4. The average Bonchev–Trinajstić information content (AvgIpc) is 2.76. The first kappa shape index (κ1) is 12.9. The molecule has 1 fully saturated rings. The van der Waals surface area contributed by atoms with E-state index in [-0.39, 0.29) is 0 Å². The van der Waals surface area contributed by atoms with Crippen molar-refractivity contribution in [2.45, 2.75) is 31.4 Å². The lowest BCUT2D eigenvalue weighted by Gasteiger charge is -2.28. The predicted octanol–water partition coefficient (Wildman–Crippen LogP) is 1.11. The molecule has 5 heteroatoms. The fourth-order valence-corrected chi connectivity index (χ4v) is 3.15. The summed E-state index contributed by atoms with van der Waals surface area (Å²) in [5.41, 5.74) is 0.0384. The van der Waals surface area contributed by atoms with Gasteiger partial charge in [-0.3, -0.25) is 4.68 Å². The highest BCUT2D eigenvalue weighted by molar-refractivity contribution is 7.99. The fraction of sp³-hybridized carbons (Fsp3) is 0.750. The molecule has 0 amide bonds. The number of rotatable bonds is 4. The molecule has 0 bridgehead atoms. The predicted molar refractivity (Wildman–Crippen MR) is 71.1 cm³/mol. The lowest BCUT2D eigenvalue weighted by Crippen LogP contribution is -2.42. The van der Waals surface area contributed by atoms with Crippen LogP contribution in [-0.4, -0.2) is 39.0 Å². The molecule has 0 spiro atoms. The number of thioether (sulfide) groups is 1. The molecular weight excluding hydrogens is 234 g/mol. The monoisotopic (exact) mass is 255 g/mol. The molecule has 1 aliphatic heterocycles. The molecule has 0 saturated carbocycles. The van der Waals surface area contributed by atoms with Crippen LogP contribution in [0, 0.1) is 0 Å². The molecule has 96 valence electrons. The molecule has 1 atom stereocenters. The Morgan fingerprint density at radius 1 is 1.59 bits per heavy atom. The van der Waals surface area contributed by atoms with E-state index in [1.54, 1.807) is 10.9 Å². The number of nitrogens with zero attached hydrogens (tertiary/aromatic N) is 2. The number of nitrogens with one attached hydrogen (secondary N) is 1. The maximum atomic E-state index is 10.4. The van der Waals surface area contributed by atoms with Gasteiger partial charge in [-0.2, -0.15) is 16.9 Å². The molecule has 4 nitrogen and oxygen atoms in total. The van der Waals surface area contributed by atoms with Gasteiger partial charge in [0.05, 0.1) is 6.20 Å². The van der Waals surface area contributed by atoms with E-state index in [0.717, 1.165) is 5.56 Å². The number of hydrogen-bond donors (Lipinski definition) is 2. The molecule has 1 unspecified atom stereocenters. The third kappa shape index (κ3) is 3.47. The Hall–Kier alpha value is -0.520. The topological polar surface area (TPSA) is 50.1 Å². The van der Waals surface area contributed by atoms with Crippen LogP contribution in [0.2, 0.25) is 0 Å². The SMILES string of the molecule is Cn1cc(C(C)(O)CNC2CCSCC2)cn1. The number of aryl methyl sites for hydroxylation is 1. The second kappa shape index (κ2) is 5.42. The van der Waals surface area contributed by atoms with E-state index in [0.29, 0.717) is 12.6 Å². The van der Waals surface area contributed by atoms with E-state index in [2.05, 4.69) is 10.4 Å². The van der Waals surface area contributed by atoms with Crippen molar-refractivity contribution in [1.82, 2.24) is 15.1 Å². The van der Waals surface area contributed by atoms with Crippen LogP contribution in [-0.2, 0) is 12.6 Å². The Bertz CT molecular complexity index is 358. The van der Waals surface area contributed by atoms with E-state index in [4.69, 9.17) is 0 Å². The van der Waals surface area contributed by atoms with Crippen LogP contribution < -0.4 is 5.32 Å². The highest BCUT2D eigenvalue weighted by atomic mass is 32.2. The first-order valence-electron chi connectivity index (χ1n) is 6.10. The summed E-state index contributed by atoms with van der Waals surface area (Å²) in [5.74, 6) is 2.46. The first-order chi connectivity index (χ1) is 8.08. The van der Waals surface area contributed by atoms with E-state index in [1.807, 2.05) is 31.9 Å². The van der Waals surface area contributed by atoms with Crippen LogP contribution in [0.25, 0.3) is 0 Å². The zero-order valence-corrected chi connectivity index (χ0v) is 11.3. The number of aliphatic hydroxyl groups is 1. The largest absolute Gasteiger partial charge is 0.384 e. The van der Waals surface area contributed by atoms with E-state index < -0.39 is 5.60 Å². The summed E-state index contributed by atoms with van der Waals surface area (Å²) in [4.78, 5) is 0. The van der Waals surface area contributed by atoms with Crippen LogP contribution in [0.5, 0.6) is 0 Å². The molecular formula is C12H21N3OS. The first-order valence-corrected chi connectivity index (χ1v) is 7.26. The Balaban J connectivity index is 1.88. The molecule has 2 heterocycles. The maximum Gasteiger partial charge on any atom is 0.102 e. The highest BCUT2D eigenvalue weighted by Crippen LogP contribution is 2.21. The molecule has 1 aliphatic rings. The summed E-state index contributed by atoms with van der Waals surface area (Å²) in [6.07, 6.45) is 6.01. The Morgan fingerprint density at radius 3 is 2.88 bits per heavy atom. The molecule has 0 aliphatic carbocycles. The molecule has 0 radical (unpaired) electrons. The van der Waals surface area contributed by atoms with Crippen molar-refractivity contribution in [2.24, 2.45) is 7.05 Å². The quantitative estimate of drug-likeness (QED) is 0.846. The zero-order chi connectivity index (χ0) is 12.3. The summed E-state index contributed by atoms with van der Waals surface area (Å²) in [6, 6.07) is 0.555. The van der Waals surface area contributed by atoms with Crippen LogP contribution in [0.4, 0.5) is 0 Å². The van der Waals surface area contributed by atoms with Gasteiger partial charge in [-0.15, -0.1) is 0 Å². The Labute approximate surface area is 107 Å². The van der Waals surface area contributed by atoms with Gasteiger partial charge in [-0.1, -0.05) is 0 Å². The molecule has 1 saturated heterocycles. The van der Waals surface area contributed by atoms with Crippen molar-refractivity contribution in [3.8, 4) is 0 Å². The van der Waals surface area contributed by atoms with E-state index in [1.165, 1.54) is 24.3 Å². The number of hydrogen-bond acceptors (Lipinski definition) is 4. The molecule has 1 aromatic heterocycles. The zero-order valence-electron chi connectivity index (χ0n) is 10.5. The van der Waals surface area contributed by atoms with Crippen molar-refractivity contribution < 1.29 is 5.11 Å². The molecule has 17 heavy (non-hydrogen) atoms. The summed E-state index contributed by atoms with van der Waals surface area (Å²) in [5, 5.41) is 18.0. The number of aromatic nitrogens is 2. The van der Waals surface area contributed by atoms with Crippen molar-refractivity contribution in [1.29, 1.82) is 0 Å². The van der Waals surface area contributed by atoms with Gasteiger partial charge in [0.2, 0.25) is 0 Å². The standard InChI is InChI=1S/C12H21N3OS/c1-12(16,10-7-14-15(2)8-10)9-13-11-3-5-17-6-4-11/h7-8,11,13,16H,3-6,9H2,1-2H3. The third-order valence-electron chi connectivity index (χ3n) is 3.28. The summed E-state index contributed by atoms with van der Waals surface area (Å²) >= 11 is 2.02. The van der Waals surface area contributed by atoms with Gasteiger partial charge in [0.15, 0.2) is 0 Å². The Morgan fingerprint density at radius 2 is 2.29 bits per heavy atom. The van der Waals surface area contributed by atoms with Crippen LogP contribution in [0.3, 0.4) is 0 Å². The molecule has 2 N–H and O–H groups in total. The summed E-state index contributed by atoms with van der Waals surface area (Å²) in [7, 11) is 1.87. The van der Waals surface area contributed by atoms with Crippen LogP contribution >= 0.6 is 11.8 Å². The summed E-state index contributed by atoms with van der Waals surface area (Å²) < 4.78 is 1.72. The Kier molecular flexibility index (Phi) is 4.12. The average molecular weight is 255 g/mol. The fourth-order valence-electron chi connectivity index (χ4n) is 2.05. The second-order valence-corrected chi connectivity index (χ2v) is 6.17.